The molecule has 3 aliphatic rings. The monoisotopic (exact) mass is 622 g/mol. The van der Waals surface area contributed by atoms with Crippen molar-refractivity contribution in [1.29, 1.82) is 0 Å². The number of unbranched alkanes of at least 4 members (excludes halogenated alkanes) is 14. The number of rotatable bonds is 25. The van der Waals surface area contributed by atoms with Crippen molar-refractivity contribution in [3.63, 3.8) is 0 Å². The number of ether oxygens (including phenoxy) is 3. The molecule has 0 spiro atoms. The highest BCUT2D eigenvalue weighted by Crippen LogP contribution is 2.34. The van der Waals surface area contributed by atoms with Crippen LogP contribution in [0, 0.1) is 0 Å². The van der Waals surface area contributed by atoms with Crippen LogP contribution in [0.2, 0.25) is 0 Å². The summed E-state index contributed by atoms with van der Waals surface area (Å²) in [6, 6.07) is 0. The highest BCUT2D eigenvalue weighted by atomic mass is 16.6. The third-order valence-corrected chi connectivity index (χ3v) is 10.0. The van der Waals surface area contributed by atoms with Gasteiger partial charge in [-0.15, -0.1) is 0 Å². The van der Waals surface area contributed by atoms with E-state index in [0.29, 0.717) is 12.0 Å². The van der Waals surface area contributed by atoms with Gasteiger partial charge in [0.05, 0.1) is 42.7 Å². The number of aliphatic hydroxyl groups is 3. The van der Waals surface area contributed by atoms with E-state index in [0.717, 1.165) is 77.0 Å². The van der Waals surface area contributed by atoms with E-state index in [9.17, 15) is 20.1 Å². The van der Waals surface area contributed by atoms with Gasteiger partial charge in [0, 0.05) is 12.0 Å². The highest BCUT2D eigenvalue weighted by molar-refractivity contribution is 5.90. The molecule has 7 nitrogen and oxygen atoms in total. The number of carbonyl (C=O) groups is 1. The summed E-state index contributed by atoms with van der Waals surface area (Å²) in [7, 11) is 0. The van der Waals surface area contributed by atoms with Gasteiger partial charge in [-0.3, -0.25) is 0 Å². The smallest absolute Gasteiger partial charge is 0.334 e. The van der Waals surface area contributed by atoms with Crippen molar-refractivity contribution < 1.29 is 34.3 Å². The second kappa shape index (κ2) is 21.7. The summed E-state index contributed by atoms with van der Waals surface area (Å²) in [4.78, 5) is 11.7. The number of hydrogen-bond donors (Lipinski definition) is 3. The van der Waals surface area contributed by atoms with Gasteiger partial charge in [-0.25, -0.2) is 4.79 Å². The lowest BCUT2D eigenvalue weighted by atomic mass is 10.00. The molecule has 0 aromatic carbocycles. The molecule has 3 aliphatic heterocycles. The van der Waals surface area contributed by atoms with Crippen LogP contribution in [0.3, 0.4) is 0 Å². The summed E-state index contributed by atoms with van der Waals surface area (Å²) in [6.07, 6.45) is 26.1. The van der Waals surface area contributed by atoms with Crippen LogP contribution in [0.1, 0.15) is 168 Å². The van der Waals surface area contributed by atoms with Crippen LogP contribution >= 0.6 is 0 Å². The van der Waals surface area contributed by atoms with E-state index in [1.165, 1.54) is 70.6 Å². The largest absolute Gasteiger partial charge is 0.455 e. The molecule has 44 heavy (non-hydrogen) atoms. The van der Waals surface area contributed by atoms with Crippen LogP contribution in [0.5, 0.6) is 0 Å². The molecule has 0 bridgehead atoms. The molecule has 0 aromatic heterocycles. The van der Waals surface area contributed by atoms with Gasteiger partial charge in [-0.2, -0.15) is 0 Å². The Bertz CT molecular complexity index is 801. The fraction of sp³-hybridized carbons (Fsp3) is 0.919. The molecule has 8 atom stereocenters. The van der Waals surface area contributed by atoms with Crippen molar-refractivity contribution in [3.05, 3.63) is 11.6 Å². The average Bonchev–Trinajstić information content (AvgIpc) is 3.75. The van der Waals surface area contributed by atoms with E-state index in [1.54, 1.807) is 0 Å². The Kier molecular flexibility index (Phi) is 18.5. The Balaban J connectivity index is 1.13. The van der Waals surface area contributed by atoms with Crippen LogP contribution in [-0.4, -0.2) is 70.1 Å². The number of esters is 1. The molecular formula is C37H66O7. The van der Waals surface area contributed by atoms with Gasteiger partial charge in [0.2, 0.25) is 0 Å². The molecule has 3 N–H and O–H groups in total. The normalized spacial score (nSPS) is 27.4. The molecule has 0 radical (unpaired) electrons. The first-order valence-corrected chi connectivity index (χ1v) is 18.6. The first-order valence-electron chi connectivity index (χ1n) is 18.6. The fourth-order valence-corrected chi connectivity index (χ4v) is 7.28. The number of aliphatic hydroxyl groups excluding tert-OH is 3. The summed E-state index contributed by atoms with van der Waals surface area (Å²) in [5, 5.41) is 31.6. The Labute approximate surface area is 268 Å². The van der Waals surface area contributed by atoms with E-state index in [1.807, 2.05) is 13.0 Å². The van der Waals surface area contributed by atoms with Gasteiger partial charge in [0.1, 0.15) is 6.10 Å². The second-order valence-corrected chi connectivity index (χ2v) is 14.0. The van der Waals surface area contributed by atoms with Gasteiger partial charge in [-0.1, -0.05) is 110 Å². The number of cyclic esters (lactones) is 1. The van der Waals surface area contributed by atoms with Gasteiger partial charge in [0.25, 0.3) is 0 Å². The number of carbonyl (C=O) groups excluding carboxylic acids is 1. The minimum Gasteiger partial charge on any atom is -0.455 e. The van der Waals surface area contributed by atoms with Gasteiger partial charge in [-0.05, 0) is 57.9 Å². The zero-order valence-corrected chi connectivity index (χ0v) is 28.1. The number of hydrogen-bond acceptors (Lipinski definition) is 7. The zero-order valence-electron chi connectivity index (χ0n) is 28.1. The summed E-state index contributed by atoms with van der Waals surface area (Å²) in [6.45, 7) is 4.09. The molecule has 0 unspecified atom stereocenters. The first kappa shape index (κ1) is 37.5. The SMILES string of the molecule is CCCCCCCCCC[C@H](O)[C@H]1CC[C@H]([C@H]2CC[C@H]([C@H](O)CCCCCCCCCC[C@H](O)CC3=C[C@H](C)OC3=O)O2)O1. The van der Waals surface area contributed by atoms with Crippen LogP contribution in [0.15, 0.2) is 11.6 Å². The molecule has 7 heteroatoms. The van der Waals surface area contributed by atoms with Crippen molar-refractivity contribution in [1.82, 2.24) is 0 Å². The average molecular weight is 623 g/mol. The van der Waals surface area contributed by atoms with Crippen LogP contribution < -0.4 is 0 Å². The minimum atomic E-state index is -0.463. The van der Waals surface area contributed by atoms with Crippen LogP contribution in [0.25, 0.3) is 0 Å². The molecule has 0 amide bonds. The summed E-state index contributed by atoms with van der Waals surface area (Å²) < 4.78 is 17.7. The predicted octanol–water partition coefficient (Wildman–Crippen LogP) is 7.86. The molecule has 2 saturated heterocycles. The third-order valence-electron chi connectivity index (χ3n) is 10.0. The molecule has 256 valence electrons. The fourth-order valence-electron chi connectivity index (χ4n) is 7.28. The van der Waals surface area contributed by atoms with E-state index < -0.39 is 12.2 Å². The highest BCUT2D eigenvalue weighted by Gasteiger charge is 2.40. The Morgan fingerprint density at radius 1 is 0.659 bits per heavy atom. The lowest BCUT2D eigenvalue weighted by Crippen LogP contribution is -2.33. The molecule has 0 aliphatic carbocycles. The van der Waals surface area contributed by atoms with Gasteiger partial charge >= 0.3 is 5.97 Å². The van der Waals surface area contributed by atoms with Crippen molar-refractivity contribution in [3.8, 4) is 0 Å². The Morgan fingerprint density at radius 2 is 1.09 bits per heavy atom. The maximum absolute atomic E-state index is 11.7. The third kappa shape index (κ3) is 14.2. The molecule has 3 rings (SSSR count). The maximum Gasteiger partial charge on any atom is 0.334 e. The molecular weight excluding hydrogens is 556 g/mol. The zero-order chi connectivity index (χ0) is 31.6. The van der Waals surface area contributed by atoms with Crippen LogP contribution in [0.4, 0.5) is 0 Å². The Morgan fingerprint density at radius 3 is 1.52 bits per heavy atom. The van der Waals surface area contributed by atoms with Crippen molar-refractivity contribution in [2.24, 2.45) is 0 Å². The Hall–Kier alpha value is -0.990. The van der Waals surface area contributed by atoms with E-state index in [4.69, 9.17) is 14.2 Å². The van der Waals surface area contributed by atoms with E-state index in [-0.39, 0.29) is 42.6 Å². The minimum absolute atomic E-state index is 0.0519. The van der Waals surface area contributed by atoms with Crippen molar-refractivity contribution in [2.45, 2.75) is 217 Å². The molecule has 0 aromatic rings. The standard InChI is InChI=1S/C37H66O7/c1-3-4-5-6-7-11-14-17-20-31(39)33-22-24-35(43-33)36-25-23-34(44-36)32(40)21-18-15-12-9-8-10-13-16-19-30(38)27-29-26-28(2)42-37(29)41/h26,28,30-36,38-40H,3-25,27H2,1-2H3/t28-,30-,31-,32+,33+,34+,35+,36+/m0/s1. The summed E-state index contributed by atoms with van der Waals surface area (Å²) in [5.41, 5.74) is 0.617. The van der Waals surface area contributed by atoms with E-state index in [2.05, 4.69) is 6.92 Å². The molecule has 2 fully saturated rings. The summed E-state index contributed by atoms with van der Waals surface area (Å²) >= 11 is 0. The van der Waals surface area contributed by atoms with Crippen molar-refractivity contribution >= 4 is 5.97 Å². The topological polar surface area (TPSA) is 105 Å². The maximum atomic E-state index is 11.7. The second-order valence-electron chi connectivity index (χ2n) is 14.0. The molecule has 0 saturated carbocycles. The van der Waals surface area contributed by atoms with Crippen LogP contribution in [-0.2, 0) is 19.0 Å². The van der Waals surface area contributed by atoms with Crippen molar-refractivity contribution in [2.75, 3.05) is 0 Å². The predicted molar refractivity (Wildman–Crippen MR) is 175 cm³/mol. The van der Waals surface area contributed by atoms with E-state index >= 15 is 0 Å². The first-order chi connectivity index (χ1) is 21.4. The molecule has 3 heterocycles. The lowest BCUT2D eigenvalue weighted by Gasteiger charge is -2.24. The lowest BCUT2D eigenvalue weighted by molar-refractivity contribution is -0.139. The summed E-state index contributed by atoms with van der Waals surface area (Å²) in [5.74, 6) is -0.281. The quantitative estimate of drug-likeness (QED) is 0.0703. The van der Waals surface area contributed by atoms with Gasteiger partial charge in [0.15, 0.2) is 0 Å². The van der Waals surface area contributed by atoms with Gasteiger partial charge < -0.3 is 29.5 Å².